The van der Waals surface area contributed by atoms with Crippen LogP contribution < -0.4 is 0 Å². The summed E-state index contributed by atoms with van der Waals surface area (Å²) in [7, 11) is 0. The third-order valence-electron chi connectivity index (χ3n) is 1.95. The van der Waals surface area contributed by atoms with E-state index in [1.165, 1.54) is 12.0 Å². The number of hydrogen-bond donors (Lipinski definition) is 0. The van der Waals surface area contributed by atoms with Crippen LogP contribution in [0.5, 0.6) is 0 Å². The molecule has 0 heterocycles. The van der Waals surface area contributed by atoms with E-state index in [1.54, 1.807) is 0 Å². The zero-order chi connectivity index (χ0) is 9.36. The first kappa shape index (κ1) is 17.5. The third-order valence-corrected chi connectivity index (χ3v) is 1.95. The maximum atomic E-state index is 3.07. The van der Waals surface area contributed by atoms with E-state index in [1.807, 2.05) is 12.2 Å². The predicted octanol–water partition coefficient (Wildman–Crippen LogP) is 3.66. The van der Waals surface area contributed by atoms with E-state index >= 15 is 0 Å². The van der Waals surface area contributed by atoms with Gasteiger partial charge in [0.2, 0.25) is 0 Å². The molecule has 1 aromatic carbocycles. The second-order valence-corrected chi connectivity index (χ2v) is 2.98. The standard InChI is InChI=1S/C7H9.C6H7.2Ir/c1-2-7-5-3-4-6-7;1-2-4-6-5-3-1;;/h3-6H,2H2,1H3;1-3H,4,6H2;;/q2*-1;;. The van der Waals surface area contributed by atoms with Crippen LogP contribution in [-0.2, 0) is 46.6 Å². The fourth-order valence-electron chi connectivity index (χ4n) is 1.13. The van der Waals surface area contributed by atoms with Crippen molar-refractivity contribution in [1.82, 2.24) is 0 Å². The first-order valence-electron chi connectivity index (χ1n) is 4.86. The smallest absolute Gasteiger partial charge is 0 e. The molecule has 1 aromatic rings. The van der Waals surface area contributed by atoms with Gasteiger partial charge >= 0.3 is 0 Å². The van der Waals surface area contributed by atoms with E-state index in [4.69, 9.17) is 0 Å². The van der Waals surface area contributed by atoms with Gasteiger partial charge in [-0.1, -0.05) is 19.8 Å². The summed E-state index contributed by atoms with van der Waals surface area (Å²) < 4.78 is 0. The molecule has 1 aliphatic carbocycles. The molecular weight excluding hydrogens is 541 g/mol. The van der Waals surface area contributed by atoms with Crippen molar-refractivity contribution in [2.75, 3.05) is 0 Å². The van der Waals surface area contributed by atoms with Crippen molar-refractivity contribution in [1.29, 1.82) is 0 Å². The van der Waals surface area contributed by atoms with Crippen LogP contribution in [-0.4, -0.2) is 0 Å². The Balaban J connectivity index is 0. The molecule has 88 valence electrons. The first-order chi connectivity index (χ1) is 6.43. The van der Waals surface area contributed by atoms with Crippen LogP contribution in [0.2, 0.25) is 0 Å². The maximum absolute atomic E-state index is 3.07. The van der Waals surface area contributed by atoms with Crippen molar-refractivity contribution < 1.29 is 40.2 Å². The summed E-state index contributed by atoms with van der Waals surface area (Å²) in [6.45, 7) is 2.16. The Morgan fingerprint density at radius 1 is 1.20 bits per heavy atom. The normalized spacial score (nSPS) is 11.8. The van der Waals surface area contributed by atoms with E-state index < -0.39 is 0 Å². The summed E-state index contributed by atoms with van der Waals surface area (Å²) in [5.74, 6) is 0. The summed E-state index contributed by atoms with van der Waals surface area (Å²) in [5, 5.41) is 0. The predicted molar refractivity (Wildman–Crippen MR) is 57.6 cm³/mol. The SMILES string of the molecule is CC[c-]1cccc1.[C-]1=CC=CCC1.[Ir].[Ir]. The van der Waals surface area contributed by atoms with Gasteiger partial charge in [-0.05, 0) is 0 Å². The van der Waals surface area contributed by atoms with Gasteiger partial charge in [0.05, 0.1) is 0 Å². The number of hydrogen-bond acceptors (Lipinski definition) is 0. The summed E-state index contributed by atoms with van der Waals surface area (Å²) in [6, 6.07) is 8.41. The van der Waals surface area contributed by atoms with E-state index in [2.05, 4.69) is 43.3 Å². The molecule has 2 radical (unpaired) electrons. The topological polar surface area (TPSA) is 0 Å². The van der Waals surface area contributed by atoms with Gasteiger partial charge < -0.3 is 0 Å². The Kier molecular flexibility index (Phi) is 14.2. The molecule has 0 aliphatic heterocycles. The molecule has 2 heteroatoms. The van der Waals surface area contributed by atoms with Gasteiger partial charge in [0, 0.05) is 40.2 Å². The fraction of sp³-hybridized carbons (Fsp3) is 0.308. The molecule has 0 aromatic heterocycles. The molecule has 0 nitrogen and oxygen atoms in total. The van der Waals surface area contributed by atoms with Crippen LogP contribution in [0.1, 0.15) is 25.3 Å². The van der Waals surface area contributed by atoms with Crippen LogP contribution in [0.25, 0.3) is 0 Å². The van der Waals surface area contributed by atoms with Crippen molar-refractivity contribution in [2.45, 2.75) is 26.2 Å². The zero-order valence-electron chi connectivity index (χ0n) is 8.83. The van der Waals surface area contributed by atoms with Crippen LogP contribution in [0.4, 0.5) is 0 Å². The van der Waals surface area contributed by atoms with E-state index in [9.17, 15) is 0 Å². The second-order valence-electron chi connectivity index (χ2n) is 2.98. The molecule has 2 rings (SSSR count). The van der Waals surface area contributed by atoms with Gasteiger partial charge in [-0.15, -0.1) is 6.42 Å². The molecule has 0 saturated heterocycles. The van der Waals surface area contributed by atoms with Crippen molar-refractivity contribution in [3.8, 4) is 0 Å². The molecule has 15 heavy (non-hydrogen) atoms. The Bertz CT molecular complexity index is 246. The molecule has 0 saturated carbocycles. The summed E-state index contributed by atoms with van der Waals surface area (Å²) >= 11 is 0. The number of allylic oxidation sites excluding steroid dienone is 4. The first-order valence-corrected chi connectivity index (χ1v) is 4.86. The molecule has 0 spiro atoms. The largest absolute Gasteiger partial charge is 0.275 e. The monoisotopic (exact) mass is 558 g/mol. The van der Waals surface area contributed by atoms with Gasteiger partial charge in [0.25, 0.3) is 0 Å². The molecule has 1 aliphatic rings. The average molecular weight is 557 g/mol. The summed E-state index contributed by atoms with van der Waals surface area (Å²) in [6.07, 6.45) is 12.7. The van der Waals surface area contributed by atoms with Crippen molar-refractivity contribution in [2.24, 2.45) is 0 Å². The zero-order valence-corrected chi connectivity index (χ0v) is 13.6. The van der Waals surface area contributed by atoms with Crippen molar-refractivity contribution in [3.63, 3.8) is 0 Å². The molecule has 0 amide bonds. The molecule has 0 bridgehead atoms. The molecular formula is C13H16Ir2-2. The Morgan fingerprint density at radius 3 is 2.07 bits per heavy atom. The summed E-state index contributed by atoms with van der Waals surface area (Å²) in [4.78, 5) is 0. The minimum Gasteiger partial charge on any atom is -0.275 e. The average Bonchev–Trinajstić information content (AvgIpc) is 2.74. The molecule has 0 N–H and O–H groups in total. The third kappa shape index (κ3) is 9.08. The number of aryl methyl sites for hydroxylation is 1. The van der Waals surface area contributed by atoms with Gasteiger partial charge in [0.1, 0.15) is 0 Å². The Hall–Kier alpha value is 0.129. The van der Waals surface area contributed by atoms with Crippen LogP contribution in [0, 0.1) is 6.08 Å². The van der Waals surface area contributed by atoms with Gasteiger partial charge in [-0.3, -0.25) is 6.08 Å². The van der Waals surface area contributed by atoms with E-state index in [0.717, 1.165) is 12.8 Å². The second kappa shape index (κ2) is 12.2. The molecule has 0 unspecified atom stereocenters. The van der Waals surface area contributed by atoms with E-state index in [-0.39, 0.29) is 40.2 Å². The van der Waals surface area contributed by atoms with E-state index in [0.29, 0.717) is 0 Å². The number of rotatable bonds is 1. The van der Waals surface area contributed by atoms with Gasteiger partial charge in [0.15, 0.2) is 0 Å². The minimum absolute atomic E-state index is 0. The Labute approximate surface area is 120 Å². The maximum Gasteiger partial charge on any atom is 0 e. The van der Waals surface area contributed by atoms with Gasteiger partial charge in [-0.2, -0.15) is 23.8 Å². The van der Waals surface area contributed by atoms with Gasteiger partial charge in [-0.25, -0.2) is 24.3 Å². The van der Waals surface area contributed by atoms with Crippen LogP contribution in [0.15, 0.2) is 42.5 Å². The van der Waals surface area contributed by atoms with Crippen LogP contribution >= 0.6 is 0 Å². The van der Waals surface area contributed by atoms with Crippen LogP contribution in [0.3, 0.4) is 0 Å². The molecule has 0 fully saturated rings. The van der Waals surface area contributed by atoms with Crippen molar-refractivity contribution >= 4 is 0 Å². The molecule has 0 atom stereocenters. The summed E-state index contributed by atoms with van der Waals surface area (Å²) in [5.41, 5.74) is 1.43. The Morgan fingerprint density at radius 2 is 1.87 bits per heavy atom. The van der Waals surface area contributed by atoms with Crippen molar-refractivity contribution in [3.05, 3.63) is 54.1 Å². The quantitative estimate of drug-likeness (QED) is 0.464. The fourth-order valence-corrected chi connectivity index (χ4v) is 1.13. The minimum atomic E-state index is 0.